The molecule has 19 heavy (non-hydrogen) atoms. The molecular formula is C16H24N2O. The quantitative estimate of drug-likeness (QED) is 0.773. The molecule has 0 heterocycles. The van der Waals surface area contributed by atoms with Gasteiger partial charge in [0.15, 0.2) is 6.10 Å². The number of nitrogens with zero attached hydrogens (tertiary/aromatic N) is 1. The molecule has 0 aliphatic heterocycles. The fourth-order valence-electron chi connectivity index (χ4n) is 1.96. The third kappa shape index (κ3) is 4.92. The minimum absolute atomic E-state index is 0.356. The Bertz CT molecular complexity index is 394. The molecule has 0 fully saturated rings. The highest BCUT2D eigenvalue weighted by atomic mass is 16.5. The van der Waals surface area contributed by atoms with Gasteiger partial charge in [-0.3, -0.25) is 0 Å². The van der Waals surface area contributed by atoms with E-state index in [4.69, 9.17) is 10.00 Å². The van der Waals surface area contributed by atoms with Crippen molar-refractivity contribution in [2.24, 2.45) is 0 Å². The molecular weight excluding hydrogens is 236 g/mol. The second kappa shape index (κ2) is 8.55. The average Bonchev–Trinajstić information content (AvgIpc) is 2.47. The summed E-state index contributed by atoms with van der Waals surface area (Å²) in [4.78, 5) is 0. The van der Waals surface area contributed by atoms with E-state index in [1.54, 1.807) is 0 Å². The zero-order valence-corrected chi connectivity index (χ0v) is 12.1. The summed E-state index contributed by atoms with van der Waals surface area (Å²) in [7, 11) is 0. The Kier molecular flexibility index (Phi) is 6.99. The summed E-state index contributed by atoms with van der Waals surface area (Å²) in [5.74, 6) is 0.766. The molecule has 0 saturated carbocycles. The lowest BCUT2D eigenvalue weighted by atomic mass is 10.0. The van der Waals surface area contributed by atoms with Crippen molar-refractivity contribution in [2.45, 2.75) is 52.2 Å². The molecule has 1 rings (SSSR count). The van der Waals surface area contributed by atoms with Gasteiger partial charge in [0.2, 0.25) is 0 Å². The fourth-order valence-corrected chi connectivity index (χ4v) is 1.96. The van der Waals surface area contributed by atoms with Gasteiger partial charge < -0.3 is 10.1 Å². The van der Waals surface area contributed by atoms with E-state index in [1.807, 2.05) is 19.1 Å². The zero-order valence-electron chi connectivity index (χ0n) is 12.1. The molecule has 104 valence electrons. The first-order valence-corrected chi connectivity index (χ1v) is 7.14. The van der Waals surface area contributed by atoms with Gasteiger partial charge >= 0.3 is 0 Å². The summed E-state index contributed by atoms with van der Waals surface area (Å²) in [6.07, 6.45) is 2.55. The van der Waals surface area contributed by atoms with Gasteiger partial charge in [0, 0.05) is 6.04 Å². The number of hydrogen-bond donors (Lipinski definition) is 1. The molecule has 2 unspecified atom stereocenters. The van der Waals surface area contributed by atoms with Gasteiger partial charge in [-0.1, -0.05) is 32.9 Å². The number of benzene rings is 1. The maximum absolute atomic E-state index is 8.88. The molecule has 3 nitrogen and oxygen atoms in total. The summed E-state index contributed by atoms with van der Waals surface area (Å²) in [5.41, 5.74) is 1.27. The Labute approximate surface area is 116 Å². The first-order valence-electron chi connectivity index (χ1n) is 7.14. The van der Waals surface area contributed by atoms with Crippen LogP contribution in [0.3, 0.4) is 0 Å². The van der Waals surface area contributed by atoms with E-state index in [1.165, 1.54) is 5.56 Å². The average molecular weight is 260 g/mol. The van der Waals surface area contributed by atoms with E-state index in [2.05, 4.69) is 37.4 Å². The summed E-state index contributed by atoms with van der Waals surface area (Å²) in [5, 5.41) is 12.4. The van der Waals surface area contributed by atoms with E-state index in [0.29, 0.717) is 12.5 Å². The van der Waals surface area contributed by atoms with E-state index >= 15 is 0 Å². The van der Waals surface area contributed by atoms with Crippen LogP contribution < -0.4 is 10.1 Å². The highest BCUT2D eigenvalue weighted by Gasteiger charge is 2.09. The first-order chi connectivity index (χ1) is 9.24. The van der Waals surface area contributed by atoms with Crippen molar-refractivity contribution in [1.29, 1.82) is 5.26 Å². The minimum atomic E-state index is -0.356. The van der Waals surface area contributed by atoms with Crippen LogP contribution >= 0.6 is 0 Å². The Hall–Kier alpha value is -1.53. The maximum atomic E-state index is 8.88. The molecule has 0 aliphatic rings. The topological polar surface area (TPSA) is 45.0 Å². The molecule has 1 aromatic carbocycles. The van der Waals surface area contributed by atoms with E-state index in [9.17, 15) is 0 Å². The molecule has 2 atom stereocenters. The van der Waals surface area contributed by atoms with Gasteiger partial charge in [0.25, 0.3) is 0 Å². The Morgan fingerprint density at radius 1 is 1.16 bits per heavy atom. The fraction of sp³-hybridized carbons (Fsp3) is 0.562. The van der Waals surface area contributed by atoms with Gasteiger partial charge in [-0.25, -0.2) is 0 Å². The smallest absolute Gasteiger partial charge is 0.184 e. The lowest BCUT2D eigenvalue weighted by Crippen LogP contribution is -2.21. The van der Waals surface area contributed by atoms with Crippen molar-refractivity contribution >= 4 is 0 Å². The van der Waals surface area contributed by atoms with Crippen LogP contribution in [0.2, 0.25) is 0 Å². The molecule has 0 aromatic heterocycles. The molecule has 1 aromatic rings. The molecule has 0 bridgehead atoms. The highest BCUT2D eigenvalue weighted by molar-refractivity contribution is 5.29. The van der Waals surface area contributed by atoms with Crippen molar-refractivity contribution in [3.63, 3.8) is 0 Å². The summed E-state index contributed by atoms with van der Waals surface area (Å²) in [6.45, 7) is 7.33. The third-order valence-corrected chi connectivity index (χ3v) is 3.12. The normalized spacial score (nSPS) is 13.6. The van der Waals surface area contributed by atoms with Crippen LogP contribution in [0.4, 0.5) is 0 Å². The van der Waals surface area contributed by atoms with Crippen LogP contribution in [0.1, 0.15) is 51.6 Å². The second-order valence-corrected chi connectivity index (χ2v) is 4.63. The lowest BCUT2D eigenvalue weighted by molar-refractivity contribution is 0.252. The van der Waals surface area contributed by atoms with Gasteiger partial charge in [0.05, 0.1) is 0 Å². The SMILES string of the molecule is CCCNC(CC)c1ccc(OC(C#N)CC)cc1. The van der Waals surface area contributed by atoms with Crippen molar-refractivity contribution < 1.29 is 4.74 Å². The molecule has 0 saturated heterocycles. The van der Waals surface area contributed by atoms with Crippen LogP contribution in [-0.2, 0) is 0 Å². The van der Waals surface area contributed by atoms with Crippen LogP contribution in [-0.4, -0.2) is 12.6 Å². The van der Waals surface area contributed by atoms with Gasteiger partial charge in [-0.15, -0.1) is 0 Å². The zero-order chi connectivity index (χ0) is 14.1. The van der Waals surface area contributed by atoms with Crippen molar-refractivity contribution in [2.75, 3.05) is 6.54 Å². The van der Waals surface area contributed by atoms with E-state index < -0.39 is 0 Å². The van der Waals surface area contributed by atoms with E-state index in [-0.39, 0.29) is 6.10 Å². The molecule has 3 heteroatoms. The Morgan fingerprint density at radius 3 is 2.32 bits per heavy atom. The van der Waals surface area contributed by atoms with Crippen LogP contribution in [0.5, 0.6) is 5.75 Å². The van der Waals surface area contributed by atoms with Crippen LogP contribution in [0.15, 0.2) is 24.3 Å². The van der Waals surface area contributed by atoms with Gasteiger partial charge in [-0.2, -0.15) is 5.26 Å². The maximum Gasteiger partial charge on any atom is 0.184 e. The Morgan fingerprint density at radius 2 is 1.84 bits per heavy atom. The van der Waals surface area contributed by atoms with Crippen molar-refractivity contribution in [3.8, 4) is 11.8 Å². The second-order valence-electron chi connectivity index (χ2n) is 4.63. The Balaban J connectivity index is 2.66. The molecule has 0 radical (unpaired) electrons. The first kappa shape index (κ1) is 15.5. The number of hydrogen-bond acceptors (Lipinski definition) is 3. The predicted molar refractivity (Wildman–Crippen MR) is 78.1 cm³/mol. The number of nitrogens with one attached hydrogen (secondary N) is 1. The predicted octanol–water partition coefficient (Wildman–Crippen LogP) is 3.82. The molecule has 0 spiro atoms. The molecule has 1 N–H and O–H groups in total. The van der Waals surface area contributed by atoms with Crippen molar-refractivity contribution in [3.05, 3.63) is 29.8 Å². The van der Waals surface area contributed by atoms with E-state index in [0.717, 1.165) is 25.1 Å². The van der Waals surface area contributed by atoms with Gasteiger partial charge in [-0.05, 0) is 43.5 Å². The van der Waals surface area contributed by atoms with Gasteiger partial charge in [0.1, 0.15) is 11.8 Å². The van der Waals surface area contributed by atoms with Crippen LogP contribution in [0.25, 0.3) is 0 Å². The molecule has 0 aliphatic carbocycles. The largest absolute Gasteiger partial charge is 0.476 e. The van der Waals surface area contributed by atoms with Crippen LogP contribution in [0, 0.1) is 11.3 Å². The number of nitriles is 1. The summed E-state index contributed by atoms with van der Waals surface area (Å²) in [6, 6.07) is 10.6. The monoisotopic (exact) mass is 260 g/mol. The number of rotatable bonds is 8. The number of ether oxygens (including phenoxy) is 1. The standard InChI is InChI=1S/C16H24N2O/c1-4-11-18-16(6-3)13-7-9-15(10-8-13)19-14(5-2)12-17/h7-10,14,16,18H,4-6,11H2,1-3H3. The summed E-state index contributed by atoms with van der Waals surface area (Å²) >= 11 is 0. The lowest BCUT2D eigenvalue weighted by Gasteiger charge is -2.18. The minimum Gasteiger partial charge on any atom is -0.476 e. The third-order valence-electron chi connectivity index (χ3n) is 3.12. The molecule has 0 amide bonds. The summed E-state index contributed by atoms with van der Waals surface area (Å²) < 4.78 is 5.58. The highest BCUT2D eigenvalue weighted by Crippen LogP contribution is 2.21. The van der Waals surface area contributed by atoms with Crippen molar-refractivity contribution in [1.82, 2.24) is 5.32 Å².